The number of hydrogen-bond acceptors (Lipinski definition) is 4. The molecule has 0 bridgehead atoms. The van der Waals surface area contributed by atoms with Gasteiger partial charge in [-0.05, 0) is 49.5 Å². The van der Waals surface area contributed by atoms with Crippen LogP contribution in [0, 0.1) is 0 Å². The van der Waals surface area contributed by atoms with Crippen LogP contribution in [0.1, 0.15) is 23.2 Å². The van der Waals surface area contributed by atoms with Gasteiger partial charge in [-0.1, -0.05) is 6.07 Å². The number of benzene rings is 1. The summed E-state index contributed by atoms with van der Waals surface area (Å²) in [6.07, 6.45) is 4.22. The van der Waals surface area contributed by atoms with E-state index in [-0.39, 0.29) is 12.5 Å². The van der Waals surface area contributed by atoms with Crippen molar-refractivity contribution in [3.05, 3.63) is 36.0 Å². The molecule has 1 aromatic carbocycles. The van der Waals surface area contributed by atoms with Crippen molar-refractivity contribution in [1.82, 2.24) is 14.8 Å². The molecular weight excluding hydrogens is 318 g/mol. The van der Waals surface area contributed by atoms with Crippen molar-refractivity contribution in [1.29, 1.82) is 0 Å². The molecule has 2 N–H and O–H groups in total. The number of aromatic nitrogens is 1. The van der Waals surface area contributed by atoms with E-state index >= 15 is 0 Å². The van der Waals surface area contributed by atoms with Crippen LogP contribution >= 0.6 is 0 Å². The molecule has 0 saturated carbocycles. The summed E-state index contributed by atoms with van der Waals surface area (Å²) in [5, 5.41) is 12.1. The second-order valence-electron chi connectivity index (χ2n) is 7.27. The van der Waals surface area contributed by atoms with Gasteiger partial charge in [0.1, 0.15) is 5.60 Å². The van der Waals surface area contributed by atoms with E-state index in [1.807, 2.05) is 30.5 Å². The van der Waals surface area contributed by atoms with Gasteiger partial charge in [0.15, 0.2) is 0 Å². The van der Waals surface area contributed by atoms with E-state index in [9.17, 15) is 9.90 Å². The van der Waals surface area contributed by atoms with Crippen molar-refractivity contribution in [2.75, 3.05) is 45.9 Å². The lowest BCUT2D eigenvalue weighted by Gasteiger charge is -2.34. The first-order valence-corrected chi connectivity index (χ1v) is 9.02. The highest BCUT2D eigenvalue weighted by Crippen LogP contribution is 2.21. The van der Waals surface area contributed by atoms with Gasteiger partial charge in [-0.3, -0.25) is 4.79 Å². The van der Waals surface area contributed by atoms with Crippen LogP contribution < -0.4 is 0 Å². The zero-order valence-electron chi connectivity index (χ0n) is 14.4. The van der Waals surface area contributed by atoms with Crippen molar-refractivity contribution >= 4 is 16.8 Å². The maximum absolute atomic E-state index is 13.0. The summed E-state index contributed by atoms with van der Waals surface area (Å²) in [6, 6.07) is 7.66. The molecule has 0 radical (unpaired) electrons. The molecule has 1 amide bonds. The molecule has 6 nitrogen and oxygen atoms in total. The van der Waals surface area contributed by atoms with Gasteiger partial charge in [0, 0.05) is 30.4 Å². The Morgan fingerprint density at radius 3 is 2.92 bits per heavy atom. The Hall–Kier alpha value is -1.89. The van der Waals surface area contributed by atoms with Gasteiger partial charge >= 0.3 is 0 Å². The number of hydrogen-bond donors (Lipinski definition) is 2. The molecule has 2 saturated heterocycles. The summed E-state index contributed by atoms with van der Waals surface area (Å²) in [4.78, 5) is 20.1. The highest BCUT2D eigenvalue weighted by Gasteiger charge is 2.36. The van der Waals surface area contributed by atoms with Crippen LogP contribution in [0.25, 0.3) is 10.9 Å². The second kappa shape index (κ2) is 6.78. The molecular formula is C19H25N3O3. The Labute approximate surface area is 147 Å². The first kappa shape index (κ1) is 16.6. The van der Waals surface area contributed by atoms with E-state index in [0.717, 1.165) is 24.0 Å². The number of likely N-dealkylation sites (tertiary alicyclic amines) is 1. The molecule has 0 spiro atoms. The van der Waals surface area contributed by atoms with Crippen LogP contribution in [-0.2, 0) is 4.74 Å². The molecule has 25 heavy (non-hydrogen) atoms. The lowest BCUT2D eigenvalue weighted by molar-refractivity contribution is -0.0524. The predicted octanol–water partition coefficient (Wildman–Crippen LogP) is 1.47. The van der Waals surface area contributed by atoms with Crippen LogP contribution in [0.5, 0.6) is 0 Å². The number of fused-ring (bicyclic) bond motifs is 1. The Balaban J connectivity index is 1.52. The zero-order chi connectivity index (χ0) is 17.3. The minimum Gasteiger partial charge on any atom is -0.384 e. The normalized spacial score (nSPS) is 25.4. The second-order valence-corrected chi connectivity index (χ2v) is 7.27. The van der Waals surface area contributed by atoms with Crippen LogP contribution in [0.4, 0.5) is 0 Å². The molecule has 134 valence electrons. The molecule has 1 unspecified atom stereocenters. The zero-order valence-corrected chi connectivity index (χ0v) is 14.4. The van der Waals surface area contributed by atoms with Gasteiger partial charge in [0.25, 0.3) is 5.91 Å². The smallest absolute Gasteiger partial charge is 0.254 e. The molecule has 4 rings (SSSR count). The van der Waals surface area contributed by atoms with Crippen molar-refractivity contribution in [3.8, 4) is 0 Å². The summed E-state index contributed by atoms with van der Waals surface area (Å²) in [6.45, 7) is 4.14. The highest BCUT2D eigenvalue weighted by molar-refractivity contribution is 5.98. The molecule has 1 aromatic heterocycles. The first-order chi connectivity index (χ1) is 12.1. The third kappa shape index (κ3) is 3.56. The summed E-state index contributed by atoms with van der Waals surface area (Å²) in [7, 11) is 0. The van der Waals surface area contributed by atoms with E-state index in [1.54, 1.807) is 4.90 Å². The van der Waals surface area contributed by atoms with Gasteiger partial charge in [0.05, 0.1) is 19.8 Å². The quantitative estimate of drug-likeness (QED) is 0.885. The van der Waals surface area contributed by atoms with Gasteiger partial charge in [-0.2, -0.15) is 0 Å². The number of aliphatic hydroxyl groups is 1. The Bertz CT molecular complexity index is 753. The maximum atomic E-state index is 13.0. The molecule has 2 aromatic rings. The minimum atomic E-state index is -1.01. The molecule has 2 aliphatic heterocycles. The lowest BCUT2D eigenvalue weighted by Crippen LogP contribution is -2.53. The van der Waals surface area contributed by atoms with Crippen molar-refractivity contribution in [2.45, 2.75) is 18.4 Å². The van der Waals surface area contributed by atoms with Crippen molar-refractivity contribution < 1.29 is 14.6 Å². The number of β-amino-alcohol motifs (C(OH)–C–C–N with tert-alkyl or cyclic N) is 1. The summed E-state index contributed by atoms with van der Waals surface area (Å²) < 4.78 is 5.62. The lowest BCUT2D eigenvalue weighted by atomic mass is 10.0. The number of carbonyl (C=O) groups excluding carboxylic acids is 1. The van der Waals surface area contributed by atoms with Crippen LogP contribution in [0.2, 0.25) is 0 Å². The topological polar surface area (TPSA) is 68.8 Å². The van der Waals surface area contributed by atoms with Crippen LogP contribution in [0.15, 0.2) is 30.5 Å². The predicted molar refractivity (Wildman–Crippen MR) is 95.6 cm³/mol. The Morgan fingerprint density at radius 1 is 1.24 bits per heavy atom. The van der Waals surface area contributed by atoms with E-state index < -0.39 is 5.60 Å². The number of aromatic amines is 1. The number of amides is 1. The van der Waals surface area contributed by atoms with Gasteiger partial charge in [-0.25, -0.2) is 0 Å². The number of nitrogens with zero attached hydrogens (tertiary/aromatic N) is 2. The molecule has 0 aliphatic carbocycles. The number of rotatable bonds is 3. The van der Waals surface area contributed by atoms with E-state index in [2.05, 4.69) is 9.88 Å². The van der Waals surface area contributed by atoms with Gasteiger partial charge < -0.3 is 24.6 Å². The fourth-order valence-corrected chi connectivity index (χ4v) is 3.91. The van der Waals surface area contributed by atoms with Crippen molar-refractivity contribution in [3.63, 3.8) is 0 Å². The third-order valence-corrected chi connectivity index (χ3v) is 5.17. The number of nitrogens with one attached hydrogen (secondary N) is 1. The van der Waals surface area contributed by atoms with Crippen molar-refractivity contribution in [2.24, 2.45) is 0 Å². The molecule has 3 heterocycles. The molecule has 6 heteroatoms. The van der Waals surface area contributed by atoms with Gasteiger partial charge in [-0.15, -0.1) is 0 Å². The number of carbonyl (C=O) groups is 1. The van der Waals surface area contributed by atoms with E-state index in [4.69, 9.17) is 4.74 Å². The van der Waals surface area contributed by atoms with Crippen LogP contribution in [-0.4, -0.2) is 77.3 Å². The fraction of sp³-hybridized carbons (Fsp3) is 0.526. The van der Waals surface area contributed by atoms with Gasteiger partial charge in [0.2, 0.25) is 0 Å². The monoisotopic (exact) mass is 343 g/mol. The first-order valence-electron chi connectivity index (χ1n) is 9.02. The Morgan fingerprint density at radius 2 is 2.08 bits per heavy atom. The molecule has 2 aliphatic rings. The average molecular weight is 343 g/mol. The Kier molecular flexibility index (Phi) is 4.50. The number of ether oxygens (including phenoxy) is 1. The largest absolute Gasteiger partial charge is 0.384 e. The fourth-order valence-electron chi connectivity index (χ4n) is 3.91. The summed E-state index contributed by atoms with van der Waals surface area (Å²) >= 11 is 0. The third-order valence-electron chi connectivity index (χ3n) is 5.17. The van der Waals surface area contributed by atoms with Crippen LogP contribution in [0.3, 0.4) is 0 Å². The standard InChI is InChI=1S/C19H25N3O3/c23-18(16-4-3-15-5-6-20-17(15)11-16)22-9-10-25-14-19(24,13-22)12-21-7-1-2-8-21/h3-6,11,20,24H,1-2,7-10,12-14H2. The highest BCUT2D eigenvalue weighted by atomic mass is 16.5. The summed E-state index contributed by atoms with van der Waals surface area (Å²) in [5.74, 6) is -0.0538. The average Bonchev–Trinajstić information content (AvgIpc) is 3.23. The molecule has 1 atom stereocenters. The van der Waals surface area contributed by atoms with E-state index in [1.165, 1.54) is 12.8 Å². The number of H-pyrrole nitrogens is 1. The minimum absolute atomic E-state index is 0.0538. The summed E-state index contributed by atoms with van der Waals surface area (Å²) in [5.41, 5.74) is 0.581. The maximum Gasteiger partial charge on any atom is 0.254 e. The SMILES string of the molecule is O=C(c1ccc2cc[nH]c2c1)N1CCOCC(O)(CN2CCCC2)C1. The molecule has 2 fully saturated rings. The van der Waals surface area contributed by atoms with E-state index in [0.29, 0.717) is 31.8 Å².